The van der Waals surface area contributed by atoms with Crippen LogP contribution >= 0.6 is 11.3 Å². The average Bonchev–Trinajstić information content (AvgIpc) is 3.11. The maximum absolute atomic E-state index is 12.9. The first-order valence-corrected chi connectivity index (χ1v) is 10.7. The number of anilines is 1. The summed E-state index contributed by atoms with van der Waals surface area (Å²) in [5.41, 5.74) is 2.21. The Hall–Kier alpha value is -2.14. The third-order valence-corrected chi connectivity index (χ3v) is 6.96. The Kier molecular flexibility index (Phi) is 5.30. The largest absolute Gasteiger partial charge is 0.338 e. The van der Waals surface area contributed by atoms with Gasteiger partial charge in [0, 0.05) is 29.6 Å². The van der Waals surface area contributed by atoms with Gasteiger partial charge in [-0.1, -0.05) is 25.1 Å². The van der Waals surface area contributed by atoms with Gasteiger partial charge in [0.1, 0.15) is 0 Å². The number of carbonyl (C=O) groups excluding carboxylic acids is 2. The van der Waals surface area contributed by atoms with Gasteiger partial charge in [-0.3, -0.25) is 9.59 Å². The van der Waals surface area contributed by atoms with Crippen molar-refractivity contribution in [3.8, 4) is 0 Å². The molecule has 1 aliphatic heterocycles. The second-order valence-electron chi connectivity index (χ2n) is 7.83. The summed E-state index contributed by atoms with van der Waals surface area (Å²) in [6.45, 7) is 3.60. The second kappa shape index (κ2) is 7.85. The number of nitrogens with one attached hydrogen (secondary N) is 1. The quantitative estimate of drug-likeness (QED) is 0.857. The molecule has 2 amide bonds. The molecule has 142 valence electrons. The number of carbonyl (C=O) groups is 2. The van der Waals surface area contributed by atoms with Crippen molar-refractivity contribution in [3.63, 3.8) is 0 Å². The van der Waals surface area contributed by atoms with Crippen LogP contribution in [0.1, 0.15) is 46.3 Å². The number of fused-ring (bicyclic) bond motifs is 1. The van der Waals surface area contributed by atoms with Crippen LogP contribution in [0.15, 0.2) is 36.4 Å². The number of hydrogen-bond acceptors (Lipinski definition) is 3. The number of rotatable bonds is 3. The maximum atomic E-state index is 12.9. The summed E-state index contributed by atoms with van der Waals surface area (Å²) in [6.07, 6.45) is 4.89. The third-order valence-electron chi connectivity index (χ3n) is 5.73. The zero-order valence-electron chi connectivity index (χ0n) is 15.7. The van der Waals surface area contributed by atoms with Crippen LogP contribution in [-0.4, -0.2) is 29.8 Å². The van der Waals surface area contributed by atoms with Crippen molar-refractivity contribution in [2.75, 3.05) is 18.4 Å². The van der Waals surface area contributed by atoms with Crippen molar-refractivity contribution in [1.29, 1.82) is 0 Å². The first kappa shape index (κ1) is 18.2. The van der Waals surface area contributed by atoms with E-state index in [0.29, 0.717) is 19.0 Å². The van der Waals surface area contributed by atoms with Gasteiger partial charge in [0.2, 0.25) is 5.91 Å². The fraction of sp³-hybridized carbons (Fsp3) is 0.455. The van der Waals surface area contributed by atoms with E-state index in [9.17, 15) is 9.59 Å². The summed E-state index contributed by atoms with van der Waals surface area (Å²) in [6, 6.07) is 11.7. The lowest BCUT2D eigenvalue weighted by molar-refractivity contribution is -0.121. The molecule has 4 rings (SSSR count). The second-order valence-corrected chi connectivity index (χ2v) is 8.97. The number of likely N-dealkylation sites (tertiary alicyclic amines) is 1. The molecular formula is C22H26N2O2S. The lowest BCUT2D eigenvalue weighted by Gasteiger charge is -2.31. The Morgan fingerprint density at radius 3 is 2.59 bits per heavy atom. The Morgan fingerprint density at radius 1 is 1.11 bits per heavy atom. The van der Waals surface area contributed by atoms with Crippen LogP contribution in [0.3, 0.4) is 0 Å². The van der Waals surface area contributed by atoms with E-state index in [1.54, 1.807) is 11.3 Å². The minimum Gasteiger partial charge on any atom is -0.338 e. The number of aryl methyl sites for hydroxylation is 1. The summed E-state index contributed by atoms with van der Waals surface area (Å²) in [5, 5.41) is 2.98. The SMILES string of the molecule is C[C@H]1CCc2sc(C(=O)N3CCC(C(=O)Nc4ccccc4)CC3)cc2C1. The monoisotopic (exact) mass is 382 g/mol. The summed E-state index contributed by atoms with van der Waals surface area (Å²) < 4.78 is 0. The molecule has 0 unspecified atom stereocenters. The van der Waals surface area contributed by atoms with Gasteiger partial charge in [-0.05, 0) is 61.8 Å². The van der Waals surface area contributed by atoms with Crippen molar-refractivity contribution in [1.82, 2.24) is 4.90 Å². The van der Waals surface area contributed by atoms with Gasteiger partial charge in [-0.2, -0.15) is 0 Å². The van der Waals surface area contributed by atoms with Crippen LogP contribution in [0.5, 0.6) is 0 Å². The predicted octanol–water partition coefficient (Wildman–Crippen LogP) is 4.36. The van der Waals surface area contributed by atoms with Crippen molar-refractivity contribution in [2.45, 2.75) is 39.0 Å². The van der Waals surface area contributed by atoms with Gasteiger partial charge < -0.3 is 10.2 Å². The summed E-state index contributed by atoms with van der Waals surface area (Å²) in [7, 11) is 0. The molecular weight excluding hydrogens is 356 g/mol. The van der Waals surface area contributed by atoms with Crippen LogP contribution < -0.4 is 5.32 Å². The molecule has 5 heteroatoms. The Balaban J connectivity index is 1.34. The van der Waals surface area contributed by atoms with E-state index in [1.807, 2.05) is 35.2 Å². The van der Waals surface area contributed by atoms with Crippen molar-refractivity contribution >= 4 is 28.8 Å². The molecule has 4 nitrogen and oxygen atoms in total. The molecule has 1 N–H and O–H groups in total. The predicted molar refractivity (Wildman–Crippen MR) is 109 cm³/mol. The Labute approximate surface area is 164 Å². The highest BCUT2D eigenvalue weighted by Gasteiger charge is 2.29. The summed E-state index contributed by atoms with van der Waals surface area (Å²) in [5.74, 6) is 0.901. The van der Waals surface area contributed by atoms with Crippen molar-refractivity contribution in [2.24, 2.45) is 11.8 Å². The molecule has 1 aliphatic carbocycles. The molecule has 1 fully saturated rings. The van der Waals surface area contributed by atoms with E-state index in [4.69, 9.17) is 0 Å². The number of para-hydroxylation sites is 1. The standard InChI is InChI=1S/C22H26N2O2S/c1-15-7-8-19-17(13-15)14-20(27-19)22(26)24-11-9-16(10-12-24)21(25)23-18-5-3-2-4-6-18/h2-6,14-16H,7-13H2,1H3,(H,23,25)/t15-/m0/s1. The molecule has 1 atom stereocenters. The number of hydrogen-bond donors (Lipinski definition) is 1. The van der Waals surface area contributed by atoms with Gasteiger partial charge in [0.05, 0.1) is 4.88 Å². The highest BCUT2D eigenvalue weighted by Crippen LogP contribution is 2.33. The molecule has 2 aromatic rings. The van der Waals surface area contributed by atoms with Crippen molar-refractivity contribution in [3.05, 3.63) is 51.7 Å². The summed E-state index contributed by atoms with van der Waals surface area (Å²) in [4.78, 5) is 29.6. The van der Waals surface area contributed by atoms with E-state index < -0.39 is 0 Å². The van der Waals surface area contributed by atoms with Gasteiger partial charge in [-0.25, -0.2) is 0 Å². The van der Waals surface area contributed by atoms with E-state index in [1.165, 1.54) is 16.9 Å². The lowest BCUT2D eigenvalue weighted by atomic mass is 9.90. The molecule has 0 spiro atoms. The topological polar surface area (TPSA) is 49.4 Å². The zero-order valence-corrected chi connectivity index (χ0v) is 16.6. The molecule has 1 aromatic carbocycles. The number of nitrogens with zero attached hydrogens (tertiary/aromatic N) is 1. The molecule has 2 heterocycles. The number of amides is 2. The first-order chi connectivity index (χ1) is 13.1. The van der Waals surface area contributed by atoms with Gasteiger partial charge in [0.25, 0.3) is 5.91 Å². The number of thiophene rings is 1. The number of piperidine rings is 1. The smallest absolute Gasteiger partial charge is 0.263 e. The van der Waals surface area contributed by atoms with Crippen LogP contribution in [0, 0.1) is 11.8 Å². The average molecular weight is 383 g/mol. The normalized spacial score (nSPS) is 20.2. The minimum atomic E-state index is -0.0216. The molecule has 0 saturated carbocycles. The maximum Gasteiger partial charge on any atom is 0.263 e. The summed E-state index contributed by atoms with van der Waals surface area (Å²) >= 11 is 1.68. The molecule has 0 bridgehead atoms. The lowest BCUT2D eigenvalue weighted by Crippen LogP contribution is -2.41. The van der Waals surface area contributed by atoms with Gasteiger partial charge >= 0.3 is 0 Å². The Morgan fingerprint density at radius 2 is 1.85 bits per heavy atom. The molecule has 0 radical (unpaired) electrons. The van der Waals surface area contributed by atoms with Crippen LogP contribution in [-0.2, 0) is 17.6 Å². The minimum absolute atomic E-state index is 0.0216. The molecule has 1 aromatic heterocycles. The van der Waals surface area contributed by atoms with Crippen LogP contribution in [0.25, 0.3) is 0 Å². The molecule has 27 heavy (non-hydrogen) atoms. The van der Waals surface area contributed by atoms with E-state index in [2.05, 4.69) is 18.3 Å². The van der Waals surface area contributed by atoms with Crippen LogP contribution in [0.4, 0.5) is 5.69 Å². The third kappa shape index (κ3) is 4.08. The van der Waals surface area contributed by atoms with Crippen LogP contribution in [0.2, 0.25) is 0 Å². The van der Waals surface area contributed by atoms with Crippen molar-refractivity contribution < 1.29 is 9.59 Å². The first-order valence-electron chi connectivity index (χ1n) is 9.87. The molecule has 1 saturated heterocycles. The molecule has 2 aliphatic rings. The van der Waals surface area contributed by atoms with E-state index >= 15 is 0 Å². The van der Waals surface area contributed by atoms with E-state index in [0.717, 1.165) is 36.2 Å². The number of benzene rings is 1. The highest BCUT2D eigenvalue weighted by atomic mass is 32.1. The highest BCUT2D eigenvalue weighted by molar-refractivity contribution is 7.14. The van der Waals surface area contributed by atoms with E-state index in [-0.39, 0.29) is 17.7 Å². The van der Waals surface area contributed by atoms with Gasteiger partial charge in [0.15, 0.2) is 0 Å². The zero-order chi connectivity index (χ0) is 18.8. The van der Waals surface area contributed by atoms with Gasteiger partial charge in [-0.15, -0.1) is 11.3 Å². The fourth-order valence-corrected chi connectivity index (χ4v) is 5.25. The Bertz CT molecular complexity index is 822. The fourth-order valence-electron chi connectivity index (χ4n) is 4.08.